The van der Waals surface area contributed by atoms with Crippen LogP contribution < -0.4 is 11.1 Å². The smallest absolute Gasteiger partial charge is 0.0235 e. The Morgan fingerprint density at radius 3 is 2.45 bits per heavy atom. The van der Waals surface area contributed by atoms with Crippen LogP contribution in [0.15, 0.2) is 48.5 Å². The molecule has 1 heterocycles. The molecule has 1 aliphatic heterocycles. The van der Waals surface area contributed by atoms with E-state index < -0.39 is 0 Å². The second-order valence-electron chi connectivity index (χ2n) is 6.20. The van der Waals surface area contributed by atoms with Gasteiger partial charge in [-0.15, -0.1) is 0 Å². The summed E-state index contributed by atoms with van der Waals surface area (Å²) in [7, 11) is 0. The van der Waals surface area contributed by atoms with Crippen molar-refractivity contribution in [3.05, 3.63) is 59.7 Å². The first-order valence-corrected chi connectivity index (χ1v) is 8.08. The number of piperazine rings is 1. The van der Waals surface area contributed by atoms with E-state index in [0.29, 0.717) is 12.6 Å². The molecule has 1 fully saturated rings. The Morgan fingerprint density at radius 1 is 1.09 bits per heavy atom. The molecule has 0 bridgehead atoms. The van der Waals surface area contributed by atoms with Crippen molar-refractivity contribution in [3.8, 4) is 11.1 Å². The number of benzene rings is 2. The predicted octanol–water partition coefficient (Wildman–Crippen LogP) is 2.61. The molecule has 3 N–H and O–H groups in total. The van der Waals surface area contributed by atoms with Gasteiger partial charge in [0.2, 0.25) is 0 Å². The lowest BCUT2D eigenvalue weighted by Crippen LogP contribution is -2.48. The molecule has 3 heteroatoms. The fourth-order valence-electron chi connectivity index (χ4n) is 3.14. The van der Waals surface area contributed by atoms with Gasteiger partial charge in [-0.25, -0.2) is 0 Å². The van der Waals surface area contributed by atoms with Gasteiger partial charge in [-0.05, 0) is 41.3 Å². The lowest BCUT2D eigenvalue weighted by molar-refractivity contribution is 0.199. The molecule has 1 aliphatic rings. The molecular formula is C19H25N3. The van der Waals surface area contributed by atoms with Gasteiger partial charge in [-0.3, -0.25) is 4.90 Å². The van der Waals surface area contributed by atoms with E-state index in [1.165, 1.54) is 22.3 Å². The Labute approximate surface area is 133 Å². The van der Waals surface area contributed by atoms with Crippen molar-refractivity contribution < 1.29 is 0 Å². The highest BCUT2D eigenvalue weighted by Crippen LogP contribution is 2.22. The highest BCUT2D eigenvalue weighted by molar-refractivity contribution is 5.64. The zero-order valence-corrected chi connectivity index (χ0v) is 13.3. The van der Waals surface area contributed by atoms with Crippen LogP contribution in [-0.2, 0) is 13.1 Å². The summed E-state index contributed by atoms with van der Waals surface area (Å²) in [6.45, 7) is 7.19. The van der Waals surface area contributed by atoms with Crippen molar-refractivity contribution >= 4 is 0 Å². The van der Waals surface area contributed by atoms with E-state index in [1.54, 1.807) is 0 Å². The molecule has 22 heavy (non-hydrogen) atoms. The minimum atomic E-state index is 0.582. The van der Waals surface area contributed by atoms with Gasteiger partial charge in [0.25, 0.3) is 0 Å². The van der Waals surface area contributed by atoms with E-state index in [2.05, 4.69) is 65.7 Å². The van der Waals surface area contributed by atoms with Crippen molar-refractivity contribution in [1.82, 2.24) is 10.2 Å². The standard InChI is InChI=1S/C19H25N3/c1-15-13-22(9-8-21-15)14-17-5-3-7-19(11-17)18-6-2-4-16(10-18)12-20/h2-7,10-11,15,21H,8-9,12-14,20H2,1H3/t15-/m0/s1. The van der Waals surface area contributed by atoms with Gasteiger partial charge >= 0.3 is 0 Å². The van der Waals surface area contributed by atoms with E-state index in [9.17, 15) is 0 Å². The molecule has 0 spiro atoms. The number of hydrogen-bond acceptors (Lipinski definition) is 3. The summed E-state index contributed by atoms with van der Waals surface area (Å²) < 4.78 is 0. The third-order valence-corrected chi connectivity index (χ3v) is 4.28. The Morgan fingerprint density at radius 2 is 1.77 bits per heavy atom. The summed E-state index contributed by atoms with van der Waals surface area (Å²) in [5.74, 6) is 0. The maximum absolute atomic E-state index is 5.75. The first-order chi connectivity index (χ1) is 10.7. The molecule has 0 aromatic heterocycles. The van der Waals surface area contributed by atoms with Crippen LogP contribution in [0.3, 0.4) is 0 Å². The third kappa shape index (κ3) is 3.74. The van der Waals surface area contributed by atoms with Crippen LogP contribution in [0.2, 0.25) is 0 Å². The van der Waals surface area contributed by atoms with E-state index in [-0.39, 0.29) is 0 Å². The molecule has 1 saturated heterocycles. The van der Waals surface area contributed by atoms with Crippen molar-refractivity contribution in [2.45, 2.75) is 26.1 Å². The first kappa shape index (κ1) is 15.2. The lowest BCUT2D eigenvalue weighted by Gasteiger charge is -2.31. The average Bonchev–Trinajstić information content (AvgIpc) is 2.55. The van der Waals surface area contributed by atoms with E-state index in [1.807, 2.05) is 0 Å². The summed E-state index contributed by atoms with van der Waals surface area (Å²) in [6.07, 6.45) is 0. The Kier molecular flexibility index (Phi) is 4.88. The molecule has 0 unspecified atom stereocenters. The minimum absolute atomic E-state index is 0.582. The maximum Gasteiger partial charge on any atom is 0.0235 e. The highest BCUT2D eigenvalue weighted by Gasteiger charge is 2.15. The maximum atomic E-state index is 5.75. The Bertz CT molecular complexity index is 624. The molecule has 2 aromatic rings. The molecule has 3 nitrogen and oxygen atoms in total. The van der Waals surface area contributed by atoms with Crippen LogP contribution in [0.4, 0.5) is 0 Å². The molecule has 0 saturated carbocycles. The van der Waals surface area contributed by atoms with E-state index >= 15 is 0 Å². The predicted molar refractivity (Wildman–Crippen MR) is 92.5 cm³/mol. The molecule has 116 valence electrons. The molecule has 0 aliphatic carbocycles. The molecule has 0 radical (unpaired) electrons. The number of hydrogen-bond donors (Lipinski definition) is 2. The SMILES string of the molecule is C[C@H]1CN(Cc2cccc(-c3cccc(CN)c3)c2)CCN1. The first-order valence-electron chi connectivity index (χ1n) is 8.08. The van der Waals surface area contributed by atoms with Gasteiger partial charge in [0.05, 0.1) is 0 Å². The summed E-state index contributed by atoms with van der Waals surface area (Å²) in [4.78, 5) is 2.52. The van der Waals surface area contributed by atoms with Crippen LogP contribution in [0.5, 0.6) is 0 Å². The Balaban J connectivity index is 1.77. The number of nitrogens with two attached hydrogens (primary N) is 1. The molecule has 2 aromatic carbocycles. The zero-order chi connectivity index (χ0) is 15.4. The van der Waals surface area contributed by atoms with Gasteiger partial charge in [0.1, 0.15) is 0 Å². The zero-order valence-electron chi connectivity index (χ0n) is 13.3. The van der Waals surface area contributed by atoms with Gasteiger partial charge in [0.15, 0.2) is 0 Å². The van der Waals surface area contributed by atoms with Crippen molar-refractivity contribution in [1.29, 1.82) is 0 Å². The van der Waals surface area contributed by atoms with E-state index in [0.717, 1.165) is 26.2 Å². The average molecular weight is 295 g/mol. The highest BCUT2D eigenvalue weighted by atomic mass is 15.2. The minimum Gasteiger partial charge on any atom is -0.326 e. The van der Waals surface area contributed by atoms with Crippen molar-refractivity contribution in [3.63, 3.8) is 0 Å². The third-order valence-electron chi connectivity index (χ3n) is 4.28. The lowest BCUT2D eigenvalue weighted by atomic mass is 10.0. The van der Waals surface area contributed by atoms with Crippen LogP contribution in [0, 0.1) is 0 Å². The van der Waals surface area contributed by atoms with Crippen LogP contribution in [0.25, 0.3) is 11.1 Å². The normalized spacial score (nSPS) is 19.3. The van der Waals surface area contributed by atoms with Gasteiger partial charge in [-0.2, -0.15) is 0 Å². The van der Waals surface area contributed by atoms with Crippen LogP contribution >= 0.6 is 0 Å². The fraction of sp³-hybridized carbons (Fsp3) is 0.368. The summed E-state index contributed by atoms with van der Waals surface area (Å²) in [5, 5.41) is 3.49. The molecular weight excluding hydrogens is 270 g/mol. The van der Waals surface area contributed by atoms with Gasteiger partial charge < -0.3 is 11.1 Å². The monoisotopic (exact) mass is 295 g/mol. The second kappa shape index (κ2) is 7.05. The summed E-state index contributed by atoms with van der Waals surface area (Å²) in [5.41, 5.74) is 10.8. The number of rotatable bonds is 4. The van der Waals surface area contributed by atoms with Crippen molar-refractivity contribution in [2.24, 2.45) is 5.73 Å². The molecule has 0 amide bonds. The quantitative estimate of drug-likeness (QED) is 0.911. The van der Waals surface area contributed by atoms with E-state index in [4.69, 9.17) is 5.73 Å². The second-order valence-corrected chi connectivity index (χ2v) is 6.20. The molecule has 3 rings (SSSR count). The summed E-state index contributed by atoms with van der Waals surface area (Å²) >= 11 is 0. The molecule has 1 atom stereocenters. The van der Waals surface area contributed by atoms with Gasteiger partial charge in [-0.1, -0.05) is 36.4 Å². The van der Waals surface area contributed by atoms with Gasteiger partial charge in [0, 0.05) is 38.8 Å². The van der Waals surface area contributed by atoms with Crippen LogP contribution in [0.1, 0.15) is 18.1 Å². The largest absolute Gasteiger partial charge is 0.326 e. The Hall–Kier alpha value is -1.68. The number of nitrogens with one attached hydrogen (secondary N) is 1. The van der Waals surface area contributed by atoms with Crippen molar-refractivity contribution in [2.75, 3.05) is 19.6 Å². The number of nitrogens with zero attached hydrogens (tertiary/aromatic N) is 1. The fourth-order valence-corrected chi connectivity index (χ4v) is 3.14. The van der Waals surface area contributed by atoms with Crippen LogP contribution in [-0.4, -0.2) is 30.6 Å². The topological polar surface area (TPSA) is 41.3 Å². The summed E-state index contributed by atoms with van der Waals surface area (Å²) in [6, 6.07) is 18.0.